The summed E-state index contributed by atoms with van der Waals surface area (Å²) in [7, 11) is 0. The van der Waals surface area contributed by atoms with Gasteiger partial charge in [-0.15, -0.1) is 0 Å². The predicted octanol–water partition coefficient (Wildman–Crippen LogP) is 1.92. The molecule has 0 bridgehead atoms. The fraction of sp³-hybridized carbons (Fsp3) is 0.231. The summed E-state index contributed by atoms with van der Waals surface area (Å²) in [6.45, 7) is 1.38. The zero-order chi connectivity index (χ0) is 11.2. The minimum atomic E-state index is 0.0831. The standard InChI is InChI=1S/C13H16N2O/c14-8-9-15-13(12-7-4-10-16-12)11-5-2-1-3-6-11/h1-7,10,13,15H,8-9,14H2. The van der Waals surface area contributed by atoms with E-state index in [1.54, 1.807) is 6.26 Å². The average molecular weight is 216 g/mol. The Morgan fingerprint density at radius 1 is 1.12 bits per heavy atom. The van der Waals surface area contributed by atoms with Crippen molar-refractivity contribution in [1.29, 1.82) is 0 Å². The summed E-state index contributed by atoms with van der Waals surface area (Å²) in [6.07, 6.45) is 1.69. The Hall–Kier alpha value is -1.58. The normalized spacial score (nSPS) is 12.6. The van der Waals surface area contributed by atoms with Crippen molar-refractivity contribution in [3.05, 3.63) is 60.1 Å². The van der Waals surface area contributed by atoms with Crippen molar-refractivity contribution >= 4 is 0 Å². The SMILES string of the molecule is NCCNC(c1ccccc1)c1ccco1. The maximum atomic E-state index is 5.52. The molecule has 0 spiro atoms. The minimum Gasteiger partial charge on any atom is -0.467 e. The maximum absolute atomic E-state index is 5.52. The second kappa shape index (κ2) is 5.49. The fourth-order valence-electron chi connectivity index (χ4n) is 1.71. The van der Waals surface area contributed by atoms with Gasteiger partial charge in [-0.2, -0.15) is 0 Å². The first kappa shape index (κ1) is 10.9. The molecule has 3 heteroatoms. The van der Waals surface area contributed by atoms with Crippen LogP contribution in [0.1, 0.15) is 17.4 Å². The van der Waals surface area contributed by atoms with Crippen LogP contribution in [0.25, 0.3) is 0 Å². The lowest BCUT2D eigenvalue weighted by Crippen LogP contribution is -2.27. The number of hydrogen-bond donors (Lipinski definition) is 2. The molecule has 3 nitrogen and oxygen atoms in total. The Labute approximate surface area is 95.3 Å². The third kappa shape index (κ3) is 2.51. The Bertz CT molecular complexity index is 397. The van der Waals surface area contributed by atoms with E-state index in [9.17, 15) is 0 Å². The maximum Gasteiger partial charge on any atom is 0.125 e. The lowest BCUT2D eigenvalue weighted by Gasteiger charge is -2.16. The first-order valence-electron chi connectivity index (χ1n) is 5.43. The third-order valence-corrected chi connectivity index (χ3v) is 2.45. The molecule has 2 rings (SSSR count). The van der Waals surface area contributed by atoms with Gasteiger partial charge in [-0.3, -0.25) is 0 Å². The highest BCUT2D eigenvalue weighted by Gasteiger charge is 2.14. The molecule has 0 aliphatic heterocycles. The Kier molecular flexibility index (Phi) is 3.75. The van der Waals surface area contributed by atoms with E-state index in [0.29, 0.717) is 6.54 Å². The van der Waals surface area contributed by atoms with Crippen LogP contribution in [0.15, 0.2) is 53.1 Å². The molecule has 0 aliphatic carbocycles. The van der Waals surface area contributed by atoms with Crippen LogP contribution in [-0.2, 0) is 0 Å². The number of hydrogen-bond acceptors (Lipinski definition) is 3. The van der Waals surface area contributed by atoms with E-state index in [1.807, 2.05) is 30.3 Å². The zero-order valence-corrected chi connectivity index (χ0v) is 9.10. The van der Waals surface area contributed by atoms with Crippen molar-refractivity contribution in [3.8, 4) is 0 Å². The summed E-state index contributed by atoms with van der Waals surface area (Å²) in [5, 5.41) is 3.37. The van der Waals surface area contributed by atoms with E-state index in [-0.39, 0.29) is 6.04 Å². The molecule has 0 saturated heterocycles. The van der Waals surface area contributed by atoms with Gasteiger partial charge in [0.1, 0.15) is 5.76 Å². The van der Waals surface area contributed by atoms with Crippen LogP contribution in [0.2, 0.25) is 0 Å². The van der Waals surface area contributed by atoms with Gasteiger partial charge >= 0.3 is 0 Å². The highest BCUT2D eigenvalue weighted by molar-refractivity contribution is 5.26. The van der Waals surface area contributed by atoms with Gasteiger partial charge in [0.2, 0.25) is 0 Å². The number of benzene rings is 1. The van der Waals surface area contributed by atoms with Crippen molar-refractivity contribution in [2.45, 2.75) is 6.04 Å². The summed E-state index contributed by atoms with van der Waals surface area (Å²) in [5.41, 5.74) is 6.70. The van der Waals surface area contributed by atoms with Gasteiger partial charge in [0.05, 0.1) is 12.3 Å². The molecule has 1 unspecified atom stereocenters. The predicted molar refractivity (Wildman–Crippen MR) is 64.1 cm³/mol. The first-order valence-corrected chi connectivity index (χ1v) is 5.43. The quantitative estimate of drug-likeness (QED) is 0.802. The van der Waals surface area contributed by atoms with Crippen LogP contribution in [0.4, 0.5) is 0 Å². The van der Waals surface area contributed by atoms with Gasteiger partial charge in [0.15, 0.2) is 0 Å². The smallest absolute Gasteiger partial charge is 0.125 e. The van der Waals surface area contributed by atoms with Gasteiger partial charge < -0.3 is 15.5 Å². The summed E-state index contributed by atoms with van der Waals surface area (Å²) in [4.78, 5) is 0. The molecule has 3 N–H and O–H groups in total. The summed E-state index contributed by atoms with van der Waals surface area (Å²) in [5.74, 6) is 0.916. The van der Waals surface area contributed by atoms with Crippen molar-refractivity contribution < 1.29 is 4.42 Å². The van der Waals surface area contributed by atoms with Crippen molar-refractivity contribution in [2.24, 2.45) is 5.73 Å². The average Bonchev–Trinajstić information content (AvgIpc) is 2.85. The second-order valence-electron chi connectivity index (χ2n) is 3.60. The number of nitrogens with one attached hydrogen (secondary N) is 1. The number of furan rings is 1. The Morgan fingerprint density at radius 2 is 1.94 bits per heavy atom. The molecular weight excluding hydrogens is 200 g/mol. The summed E-state index contributed by atoms with van der Waals surface area (Å²) >= 11 is 0. The molecule has 0 fully saturated rings. The second-order valence-corrected chi connectivity index (χ2v) is 3.60. The van der Waals surface area contributed by atoms with E-state index in [4.69, 9.17) is 10.2 Å². The van der Waals surface area contributed by atoms with Crippen LogP contribution >= 0.6 is 0 Å². The molecular formula is C13H16N2O. The van der Waals surface area contributed by atoms with Gasteiger partial charge in [-0.25, -0.2) is 0 Å². The van der Waals surface area contributed by atoms with E-state index in [0.717, 1.165) is 12.3 Å². The molecule has 2 aromatic rings. The molecule has 1 aromatic carbocycles. The lowest BCUT2D eigenvalue weighted by molar-refractivity contribution is 0.449. The lowest BCUT2D eigenvalue weighted by atomic mass is 10.0. The van der Waals surface area contributed by atoms with Crippen molar-refractivity contribution in [1.82, 2.24) is 5.32 Å². The molecule has 1 heterocycles. The summed E-state index contributed by atoms with van der Waals surface area (Å²) < 4.78 is 5.44. The van der Waals surface area contributed by atoms with Gasteiger partial charge in [0, 0.05) is 13.1 Å². The van der Waals surface area contributed by atoms with Crippen LogP contribution in [0, 0.1) is 0 Å². The van der Waals surface area contributed by atoms with Gasteiger partial charge in [-0.05, 0) is 17.7 Å². The van der Waals surface area contributed by atoms with E-state index in [2.05, 4.69) is 17.4 Å². The molecule has 1 aromatic heterocycles. The fourth-order valence-corrected chi connectivity index (χ4v) is 1.71. The molecule has 0 radical (unpaired) electrons. The van der Waals surface area contributed by atoms with Crippen molar-refractivity contribution in [2.75, 3.05) is 13.1 Å². The van der Waals surface area contributed by atoms with Gasteiger partial charge in [0.25, 0.3) is 0 Å². The number of nitrogens with two attached hydrogens (primary N) is 1. The molecule has 0 aliphatic rings. The number of rotatable bonds is 5. The first-order chi connectivity index (χ1) is 7.92. The topological polar surface area (TPSA) is 51.2 Å². The van der Waals surface area contributed by atoms with E-state index >= 15 is 0 Å². The molecule has 0 amide bonds. The van der Waals surface area contributed by atoms with Crippen molar-refractivity contribution in [3.63, 3.8) is 0 Å². The molecule has 16 heavy (non-hydrogen) atoms. The van der Waals surface area contributed by atoms with E-state index in [1.165, 1.54) is 5.56 Å². The minimum absolute atomic E-state index is 0.0831. The third-order valence-electron chi connectivity index (χ3n) is 2.45. The Balaban J connectivity index is 2.21. The van der Waals surface area contributed by atoms with Crippen LogP contribution < -0.4 is 11.1 Å². The van der Waals surface area contributed by atoms with Crippen LogP contribution in [0.5, 0.6) is 0 Å². The Morgan fingerprint density at radius 3 is 2.56 bits per heavy atom. The van der Waals surface area contributed by atoms with Crippen LogP contribution in [0.3, 0.4) is 0 Å². The zero-order valence-electron chi connectivity index (χ0n) is 9.10. The highest BCUT2D eigenvalue weighted by Crippen LogP contribution is 2.21. The summed E-state index contributed by atoms with van der Waals surface area (Å²) in [6, 6.07) is 14.2. The molecule has 84 valence electrons. The molecule has 0 saturated carbocycles. The molecule has 1 atom stereocenters. The largest absolute Gasteiger partial charge is 0.467 e. The van der Waals surface area contributed by atoms with Crippen LogP contribution in [-0.4, -0.2) is 13.1 Å². The monoisotopic (exact) mass is 216 g/mol. The highest BCUT2D eigenvalue weighted by atomic mass is 16.3. The van der Waals surface area contributed by atoms with E-state index < -0.39 is 0 Å². The van der Waals surface area contributed by atoms with Gasteiger partial charge in [-0.1, -0.05) is 30.3 Å².